The number of hydrogen-bond donors (Lipinski definition) is 3. The molecule has 276 valence electrons. The molecule has 3 N–H and O–H groups in total. The van der Waals surface area contributed by atoms with E-state index in [0.29, 0.717) is 44.8 Å². The maximum atomic E-state index is 14.5. The number of alkyl carbamates (subject to hydrolysis) is 1. The summed E-state index contributed by atoms with van der Waals surface area (Å²) < 4.78 is 58.7. The van der Waals surface area contributed by atoms with Gasteiger partial charge in [0.05, 0.1) is 31.3 Å². The van der Waals surface area contributed by atoms with Crippen LogP contribution < -0.4 is 20.1 Å². The largest absolute Gasteiger partial charge is 0.486 e. The molecule has 3 aliphatic heterocycles. The molecule has 0 saturated carbocycles. The fourth-order valence-electron chi connectivity index (χ4n) is 6.47. The van der Waals surface area contributed by atoms with Crippen LogP contribution in [0.2, 0.25) is 0 Å². The number of ether oxygens (including phenoxy) is 5. The lowest BCUT2D eigenvalue weighted by molar-refractivity contribution is -0.0907. The zero-order valence-electron chi connectivity index (χ0n) is 29.2. The highest BCUT2D eigenvalue weighted by molar-refractivity contribution is 7.89. The molecule has 50 heavy (non-hydrogen) atoms. The second-order valence-corrected chi connectivity index (χ2v) is 15.9. The van der Waals surface area contributed by atoms with Gasteiger partial charge >= 0.3 is 12.1 Å². The molecule has 15 heteroatoms. The average molecular weight is 719 g/mol. The van der Waals surface area contributed by atoms with Gasteiger partial charge in [0.15, 0.2) is 17.8 Å². The summed E-state index contributed by atoms with van der Waals surface area (Å²) >= 11 is 0. The van der Waals surface area contributed by atoms with Crippen molar-refractivity contribution >= 4 is 22.1 Å². The van der Waals surface area contributed by atoms with E-state index >= 15 is 0 Å². The molecule has 14 nitrogen and oxygen atoms in total. The Morgan fingerprint density at radius 2 is 1.80 bits per heavy atom. The van der Waals surface area contributed by atoms with Crippen molar-refractivity contribution in [3.8, 4) is 11.5 Å². The van der Waals surface area contributed by atoms with Crippen LogP contribution in [0.5, 0.6) is 11.5 Å². The van der Waals surface area contributed by atoms with Crippen molar-refractivity contribution < 1.29 is 46.8 Å². The average Bonchev–Trinajstić information content (AvgIpc) is 3.71. The summed E-state index contributed by atoms with van der Waals surface area (Å²) in [6.45, 7) is 5.21. The molecule has 0 aliphatic carbocycles. The lowest BCUT2D eigenvalue weighted by atomic mass is 9.87. The number of carbonyl (C=O) groups excluding carboxylic acids is 2. The first-order valence-electron chi connectivity index (χ1n) is 17.1. The number of amides is 3. The number of carbonyl (C=O) groups is 2. The molecule has 2 fully saturated rings. The topological polar surface area (TPSA) is 165 Å². The van der Waals surface area contributed by atoms with Gasteiger partial charge in [0.2, 0.25) is 10.0 Å². The van der Waals surface area contributed by atoms with Gasteiger partial charge in [-0.3, -0.25) is 0 Å². The molecule has 0 radical (unpaired) electrons. The first-order chi connectivity index (χ1) is 23.8. The lowest BCUT2D eigenvalue weighted by Gasteiger charge is -2.35. The van der Waals surface area contributed by atoms with Gasteiger partial charge in [-0.1, -0.05) is 50.2 Å². The van der Waals surface area contributed by atoms with Crippen LogP contribution in [0.4, 0.5) is 9.59 Å². The van der Waals surface area contributed by atoms with Crippen LogP contribution in [0.25, 0.3) is 0 Å². The van der Waals surface area contributed by atoms with Gasteiger partial charge in [-0.2, -0.15) is 4.31 Å². The predicted molar refractivity (Wildman–Crippen MR) is 183 cm³/mol. The fourth-order valence-corrected chi connectivity index (χ4v) is 8.26. The van der Waals surface area contributed by atoms with E-state index in [0.717, 1.165) is 5.56 Å². The van der Waals surface area contributed by atoms with Gasteiger partial charge in [0.25, 0.3) is 0 Å². The van der Waals surface area contributed by atoms with E-state index in [1.165, 1.54) is 15.3 Å². The molecule has 0 bridgehead atoms. The molecule has 3 heterocycles. The third-order valence-corrected chi connectivity index (χ3v) is 11.0. The number of nitrogens with zero attached hydrogens (tertiary/aromatic N) is 2. The fraction of sp³-hybridized carbons (Fsp3) is 0.600. The number of urea groups is 1. The number of para-hydroxylation sites is 1. The van der Waals surface area contributed by atoms with E-state index in [9.17, 15) is 23.1 Å². The lowest BCUT2D eigenvalue weighted by Crippen LogP contribution is -2.52. The van der Waals surface area contributed by atoms with Crippen LogP contribution in [0.15, 0.2) is 53.4 Å². The Labute approximate surface area is 294 Å². The maximum Gasteiger partial charge on any atom is 0.407 e. The van der Waals surface area contributed by atoms with Gasteiger partial charge in [-0.05, 0) is 48.8 Å². The number of aliphatic hydroxyl groups excluding tert-OH is 1. The number of rotatable bonds is 15. The minimum Gasteiger partial charge on any atom is -0.486 e. The van der Waals surface area contributed by atoms with Crippen LogP contribution in [0.1, 0.15) is 38.7 Å². The maximum absolute atomic E-state index is 14.5. The SMILES string of the molecule is CN(C)C(=O)NCCCC(C)(C)CN(C[C@@H](O)[C@H](Cc1ccccc1)NC(=O)O[C@H]1CO[C@H]2OCC[C@H]21)S(=O)(=O)c1cccc2c1OCCO2. The third-order valence-electron chi connectivity index (χ3n) is 9.17. The number of sulfonamides is 1. The quantitative estimate of drug-likeness (QED) is 0.233. The number of fused-ring (bicyclic) bond motifs is 2. The van der Waals surface area contributed by atoms with Gasteiger partial charge in [-0.15, -0.1) is 0 Å². The molecular formula is C35H50N4O10S. The monoisotopic (exact) mass is 718 g/mol. The first kappa shape index (κ1) is 37.6. The molecule has 3 amide bonds. The molecule has 2 aromatic rings. The van der Waals surface area contributed by atoms with Crippen molar-refractivity contribution in [2.75, 3.05) is 60.2 Å². The molecular weight excluding hydrogens is 668 g/mol. The standard InChI is InChI=1S/C35H50N4O10S/c1-35(2,15-9-16-36-33(41)38(3)4)23-39(50(43,44)30-13-8-12-28-31(30)46-19-18-45-28)21-27(40)26(20-24-10-6-5-7-11-24)37-34(42)49-29-22-48-32-25(29)14-17-47-32/h5-8,10-13,25-27,29,32,40H,9,14-23H2,1-4H3,(H,36,41)(H,37,42)/t25-,26-,27+,29-,32+/m0/s1. The Morgan fingerprint density at radius 1 is 1.04 bits per heavy atom. The molecule has 3 aliphatic rings. The van der Waals surface area contributed by atoms with Crippen molar-refractivity contribution in [3.63, 3.8) is 0 Å². The first-order valence-corrected chi connectivity index (χ1v) is 18.5. The van der Waals surface area contributed by atoms with Crippen molar-refractivity contribution in [1.82, 2.24) is 19.8 Å². The highest BCUT2D eigenvalue weighted by atomic mass is 32.2. The predicted octanol–water partition coefficient (Wildman–Crippen LogP) is 2.99. The van der Waals surface area contributed by atoms with Crippen LogP contribution >= 0.6 is 0 Å². The van der Waals surface area contributed by atoms with E-state index in [4.69, 9.17) is 23.7 Å². The minimum absolute atomic E-state index is 0.0313. The van der Waals surface area contributed by atoms with E-state index in [1.54, 1.807) is 26.2 Å². The number of benzene rings is 2. The number of aliphatic hydroxyl groups is 1. The van der Waals surface area contributed by atoms with Gasteiger partial charge in [-0.25, -0.2) is 18.0 Å². The number of hydrogen-bond acceptors (Lipinski definition) is 10. The van der Waals surface area contributed by atoms with Gasteiger partial charge < -0.3 is 44.3 Å². The second kappa shape index (κ2) is 16.6. The Morgan fingerprint density at radius 3 is 2.56 bits per heavy atom. The highest BCUT2D eigenvalue weighted by Gasteiger charge is 2.44. The van der Waals surface area contributed by atoms with E-state index in [2.05, 4.69) is 10.6 Å². The molecule has 0 spiro atoms. The molecule has 5 rings (SSSR count). The van der Waals surface area contributed by atoms with Crippen LogP contribution in [-0.2, 0) is 30.7 Å². The second-order valence-electron chi connectivity index (χ2n) is 13.9. The van der Waals surface area contributed by atoms with Crippen molar-refractivity contribution in [2.24, 2.45) is 11.3 Å². The van der Waals surface area contributed by atoms with E-state index in [1.807, 2.05) is 44.2 Å². The molecule has 5 atom stereocenters. The van der Waals surface area contributed by atoms with Gasteiger partial charge in [0.1, 0.15) is 24.2 Å². The van der Waals surface area contributed by atoms with Crippen molar-refractivity contribution in [1.29, 1.82) is 0 Å². The van der Waals surface area contributed by atoms with E-state index in [-0.39, 0.29) is 55.3 Å². The Kier molecular flexibility index (Phi) is 12.5. The summed E-state index contributed by atoms with van der Waals surface area (Å²) in [6, 6.07) is 12.9. The highest BCUT2D eigenvalue weighted by Crippen LogP contribution is 2.39. The van der Waals surface area contributed by atoms with Crippen LogP contribution in [0, 0.1) is 11.3 Å². The Hall–Kier alpha value is -3.63. The summed E-state index contributed by atoms with van der Waals surface area (Å²) in [7, 11) is -0.952. The molecule has 2 saturated heterocycles. The van der Waals surface area contributed by atoms with Crippen LogP contribution in [-0.4, -0.2) is 120 Å². The van der Waals surface area contributed by atoms with Crippen molar-refractivity contribution in [3.05, 3.63) is 54.1 Å². The summed E-state index contributed by atoms with van der Waals surface area (Å²) in [5.41, 5.74) is 0.258. The number of nitrogens with one attached hydrogen (secondary N) is 2. The Balaban J connectivity index is 1.37. The summed E-state index contributed by atoms with van der Waals surface area (Å²) in [4.78, 5) is 26.7. The van der Waals surface area contributed by atoms with E-state index < -0.39 is 46.1 Å². The third kappa shape index (κ3) is 9.57. The molecule has 0 aromatic heterocycles. The minimum atomic E-state index is -4.27. The zero-order valence-corrected chi connectivity index (χ0v) is 30.0. The summed E-state index contributed by atoms with van der Waals surface area (Å²) in [6.07, 6.45) is -0.873. The summed E-state index contributed by atoms with van der Waals surface area (Å²) in [5.74, 6) is 0.379. The zero-order chi connectivity index (χ0) is 35.9. The Bertz CT molecular complexity index is 1560. The van der Waals surface area contributed by atoms with Crippen LogP contribution in [0.3, 0.4) is 0 Å². The van der Waals surface area contributed by atoms with Gasteiger partial charge in [0, 0.05) is 33.7 Å². The molecule has 0 unspecified atom stereocenters. The normalized spacial score (nSPS) is 21.3. The smallest absolute Gasteiger partial charge is 0.407 e. The molecule has 2 aromatic carbocycles. The summed E-state index contributed by atoms with van der Waals surface area (Å²) in [5, 5.41) is 17.5. The van der Waals surface area contributed by atoms with Crippen molar-refractivity contribution in [2.45, 2.75) is 69.0 Å².